The van der Waals surface area contributed by atoms with Crippen LogP contribution in [0.15, 0.2) is 42.5 Å². The fourth-order valence-electron chi connectivity index (χ4n) is 4.49. The Kier molecular flexibility index (Phi) is 8.09. The van der Waals surface area contributed by atoms with Crippen molar-refractivity contribution in [1.29, 1.82) is 0 Å². The molecule has 4 heteroatoms. The van der Waals surface area contributed by atoms with Crippen LogP contribution >= 0.6 is 0 Å². The van der Waals surface area contributed by atoms with Crippen LogP contribution in [0.5, 0.6) is 0 Å². The SMILES string of the molecule is NC(=O)CCCN(CCCC1CCCCC1)C(=O)Cc1ccc2ccccc2c1. The Balaban J connectivity index is 1.57. The van der Waals surface area contributed by atoms with E-state index >= 15 is 0 Å². The fourth-order valence-corrected chi connectivity index (χ4v) is 4.49. The lowest BCUT2D eigenvalue weighted by atomic mass is 9.86. The van der Waals surface area contributed by atoms with E-state index in [9.17, 15) is 9.59 Å². The summed E-state index contributed by atoms with van der Waals surface area (Å²) in [5.41, 5.74) is 6.33. The molecule has 2 N–H and O–H groups in total. The maximum atomic E-state index is 13.0. The lowest BCUT2D eigenvalue weighted by Crippen LogP contribution is -2.35. The molecule has 29 heavy (non-hydrogen) atoms. The van der Waals surface area contributed by atoms with E-state index in [1.807, 2.05) is 23.1 Å². The average molecular weight is 395 g/mol. The van der Waals surface area contributed by atoms with E-state index in [1.165, 1.54) is 43.9 Å². The van der Waals surface area contributed by atoms with Crippen molar-refractivity contribution in [2.24, 2.45) is 11.7 Å². The monoisotopic (exact) mass is 394 g/mol. The van der Waals surface area contributed by atoms with Crippen LogP contribution in [-0.4, -0.2) is 29.8 Å². The van der Waals surface area contributed by atoms with Gasteiger partial charge in [0.05, 0.1) is 6.42 Å². The summed E-state index contributed by atoms with van der Waals surface area (Å²) in [6.45, 7) is 1.39. The number of nitrogens with zero attached hydrogens (tertiary/aromatic N) is 1. The Labute approximate surface area is 174 Å². The van der Waals surface area contributed by atoms with Crippen molar-refractivity contribution in [3.63, 3.8) is 0 Å². The van der Waals surface area contributed by atoms with Crippen LogP contribution in [0.1, 0.15) is 63.4 Å². The molecule has 0 saturated heterocycles. The van der Waals surface area contributed by atoms with Gasteiger partial charge in [0, 0.05) is 19.5 Å². The third-order valence-corrected chi connectivity index (χ3v) is 6.14. The van der Waals surface area contributed by atoms with Gasteiger partial charge in [0.15, 0.2) is 0 Å². The number of primary amides is 1. The van der Waals surface area contributed by atoms with Crippen LogP contribution in [0, 0.1) is 5.92 Å². The molecule has 0 unspecified atom stereocenters. The van der Waals surface area contributed by atoms with Crippen molar-refractivity contribution in [3.8, 4) is 0 Å². The number of nitrogens with two attached hydrogens (primary N) is 1. The normalized spacial score (nSPS) is 14.8. The van der Waals surface area contributed by atoms with Crippen LogP contribution in [-0.2, 0) is 16.0 Å². The molecule has 3 rings (SSSR count). The molecular weight excluding hydrogens is 360 g/mol. The quantitative estimate of drug-likeness (QED) is 0.627. The van der Waals surface area contributed by atoms with E-state index in [0.29, 0.717) is 25.8 Å². The molecule has 0 spiro atoms. The molecule has 0 heterocycles. The van der Waals surface area contributed by atoms with Crippen LogP contribution in [0.3, 0.4) is 0 Å². The molecule has 1 fully saturated rings. The molecular formula is C25H34N2O2. The minimum absolute atomic E-state index is 0.147. The third-order valence-electron chi connectivity index (χ3n) is 6.14. The van der Waals surface area contributed by atoms with E-state index in [4.69, 9.17) is 5.73 Å². The maximum absolute atomic E-state index is 13.0. The first-order chi connectivity index (χ1) is 14.1. The standard InChI is InChI=1S/C25H34N2O2/c26-24(28)13-7-17-27(16-6-10-20-8-2-1-3-9-20)25(29)19-21-14-15-22-11-4-5-12-23(22)18-21/h4-5,11-12,14-15,18,20H,1-3,6-10,13,16-17,19H2,(H2,26,28). The number of fused-ring (bicyclic) bond motifs is 1. The smallest absolute Gasteiger partial charge is 0.226 e. The number of rotatable bonds is 10. The molecule has 0 bridgehead atoms. The van der Waals surface area contributed by atoms with Gasteiger partial charge in [0.2, 0.25) is 11.8 Å². The van der Waals surface area contributed by atoms with Gasteiger partial charge in [-0.1, -0.05) is 74.6 Å². The van der Waals surface area contributed by atoms with E-state index in [2.05, 4.69) is 24.3 Å². The van der Waals surface area contributed by atoms with Crippen LogP contribution in [0.25, 0.3) is 10.8 Å². The van der Waals surface area contributed by atoms with Crippen LogP contribution in [0.2, 0.25) is 0 Å². The van der Waals surface area contributed by atoms with Gasteiger partial charge in [-0.05, 0) is 41.5 Å². The predicted octanol–water partition coefficient (Wildman–Crippen LogP) is 4.84. The molecule has 2 aromatic rings. The van der Waals surface area contributed by atoms with Crippen molar-refractivity contribution in [3.05, 3.63) is 48.0 Å². The van der Waals surface area contributed by atoms with Crippen molar-refractivity contribution in [2.45, 2.75) is 64.2 Å². The molecule has 1 saturated carbocycles. The van der Waals surface area contributed by atoms with Gasteiger partial charge in [-0.3, -0.25) is 9.59 Å². The molecule has 1 aliphatic carbocycles. The summed E-state index contributed by atoms with van der Waals surface area (Å²) in [6, 6.07) is 14.5. The van der Waals surface area contributed by atoms with Crippen molar-refractivity contribution in [2.75, 3.05) is 13.1 Å². The van der Waals surface area contributed by atoms with Crippen LogP contribution in [0.4, 0.5) is 0 Å². The maximum Gasteiger partial charge on any atom is 0.226 e. The zero-order valence-corrected chi connectivity index (χ0v) is 17.4. The van der Waals surface area contributed by atoms with Gasteiger partial charge in [0.1, 0.15) is 0 Å². The number of amides is 2. The summed E-state index contributed by atoms with van der Waals surface area (Å²) in [4.78, 5) is 26.1. The lowest BCUT2D eigenvalue weighted by Gasteiger charge is -2.25. The molecule has 0 atom stereocenters. The average Bonchev–Trinajstić information content (AvgIpc) is 2.73. The first-order valence-corrected chi connectivity index (χ1v) is 11.2. The van der Waals surface area contributed by atoms with Gasteiger partial charge in [-0.25, -0.2) is 0 Å². The molecule has 4 nitrogen and oxygen atoms in total. The van der Waals surface area contributed by atoms with E-state index in [-0.39, 0.29) is 11.8 Å². The summed E-state index contributed by atoms with van der Waals surface area (Å²) in [6.07, 6.45) is 10.4. The van der Waals surface area contributed by atoms with Crippen molar-refractivity contribution < 1.29 is 9.59 Å². The van der Waals surface area contributed by atoms with Gasteiger partial charge >= 0.3 is 0 Å². The summed E-state index contributed by atoms with van der Waals surface area (Å²) in [5.74, 6) is 0.675. The molecule has 1 aliphatic rings. The number of carbonyl (C=O) groups excluding carboxylic acids is 2. The zero-order valence-electron chi connectivity index (χ0n) is 17.4. The largest absolute Gasteiger partial charge is 0.370 e. The second-order valence-electron chi connectivity index (χ2n) is 8.46. The Morgan fingerprint density at radius 1 is 0.931 bits per heavy atom. The minimum Gasteiger partial charge on any atom is -0.370 e. The highest BCUT2D eigenvalue weighted by Crippen LogP contribution is 2.27. The van der Waals surface area contributed by atoms with Crippen molar-refractivity contribution >= 4 is 22.6 Å². The van der Waals surface area contributed by atoms with Gasteiger partial charge < -0.3 is 10.6 Å². The first-order valence-electron chi connectivity index (χ1n) is 11.2. The predicted molar refractivity (Wildman–Crippen MR) is 118 cm³/mol. The molecule has 0 radical (unpaired) electrons. The second-order valence-corrected chi connectivity index (χ2v) is 8.46. The number of carbonyl (C=O) groups is 2. The first kappa shape index (κ1) is 21.4. The van der Waals surface area contributed by atoms with Gasteiger partial charge in [0.25, 0.3) is 0 Å². The number of hydrogen-bond acceptors (Lipinski definition) is 2. The Bertz CT molecular complexity index is 811. The molecule has 0 aromatic heterocycles. The minimum atomic E-state index is -0.297. The summed E-state index contributed by atoms with van der Waals surface area (Å²) in [5, 5.41) is 2.35. The highest BCUT2D eigenvalue weighted by Gasteiger charge is 2.17. The van der Waals surface area contributed by atoms with E-state index in [1.54, 1.807) is 0 Å². The lowest BCUT2D eigenvalue weighted by molar-refractivity contribution is -0.131. The highest BCUT2D eigenvalue weighted by atomic mass is 16.2. The Hall–Kier alpha value is -2.36. The molecule has 0 aliphatic heterocycles. The molecule has 156 valence electrons. The third kappa shape index (κ3) is 6.88. The van der Waals surface area contributed by atoms with Crippen LogP contribution < -0.4 is 5.73 Å². The van der Waals surface area contributed by atoms with E-state index < -0.39 is 0 Å². The number of hydrogen-bond donors (Lipinski definition) is 1. The second kappa shape index (κ2) is 11.0. The van der Waals surface area contributed by atoms with Gasteiger partial charge in [-0.15, -0.1) is 0 Å². The zero-order chi connectivity index (χ0) is 20.5. The Morgan fingerprint density at radius 3 is 2.41 bits per heavy atom. The molecule has 2 amide bonds. The summed E-state index contributed by atoms with van der Waals surface area (Å²) >= 11 is 0. The molecule has 2 aromatic carbocycles. The summed E-state index contributed by atoms with van der Waals surface area (Å²) < 4.78 is 0. The van der Waals surface area contributed by atoms with E-state index in [0.717, 1.165) is 29.8 Å². The van der Waals surface area contributed by atoms with Gasteiger partial charge in [-0.2, -0.15) is 0 Å². The highest BCUT2D eigenvalue weighted by molar-refractivity contribution is 5.85. The van der Waals surface area contributed by atoms with Crippen molar-refractivity contribution in [1.82, 2.24) is 4.90 Å². The topological polar surface area (TPSA) is 63.4 Å². The fraction of sp³-hybridized carbons (Fsp3) is 0.520. The Morgan fingerprint density at radius 2 is 1.66 bits per heavy atom. The summed E-state index contributed by atoms with van der Waals surface area (Å²) in [7, 11) is 0. The number of benzene rings is 2.